The highest BCUT2D eigenvalue weighted by molar-refractivity contribution is 5.93. The summed E-state index contributed by atoms with van der Waals surface area (Å²) in [4.78, 5) is 38.9. The summed E-state index contributed by atoms with van der Waals surface area (Å²) in [7, 11) is 0. The average molecular weight is 557 g/mol. The number of hydrogen-bond donors (Lipinski definition) is 3. The Hall–Kier alpha value is -4.17. The summed E-state index contributed by atoms with van der Waals surface area (Å²) < 4.78 is 11.5. The number of aliphatic carboxylic acids is 1. The molecule has 1 fully saturated rings. The smallest absolute Gasteiger partial charge is 0.408 e. The lowest BCUT2D eigenvalue weighted by atomic mass is 9.80. The van der Waals surface area contributed by atoms with E-state index < -0.39 is 35.7 Å². The summed E-state index contributed by atoms with van der Waals surface area (Å²) in [5.74, 6) is -1.84. The van der Waals surface area contributed by atoms with Crippen LogP contribution in [0.2, 0.25) is 0 Å². The molecule has 0 aliphatic heterocycles. The van der Waals surface area contributed by atoms with E-state index in [0.29, 0.717) is 12.8 Å². The average Bonchev–Trinajstić information content (AvgIpc) is 3.32. The van der Waals surface area contributed by atoms with Gasteiger partial charge in [0.25, 0.3) is 0 Å². The Morgan fingerprint density at radius 3 is 2.07 bits per heavy atom. The first-order valence-corrected chi connectivity index (χ1v) is 14.2. The van der Waals surface area contributed by atoms with Crippen molar-refractivity contribution in [3.05, 3.63) is 95.6 Å². The normalized spacial score (nSPS) is 17.0. The van der Waals surface area contributed by atoms with E-state index >= 15 is 0 Å². The third-order valence-electron chi connectivity index (χ3n) is 8.20. The summed E-state index contributed by atoms with van der Waals surface area (Å²) in [5, 5.41) is 15.4. The number of amides is 2. The van der Waals surface area contributed by atoms with Crippen LogP contribution in [0, 0.1) is 0 Å². The highest BCUT2D eigenvalue weighted by Gasteiger charge is 2.44. The zero-order valence-electron chi connectivity index (χ0n) is 23.2. The summed E-state index contributed by atoms with van der Waals surface area (Å²) in [6, 6.07) is 24.3. The molecule has 0 heterocycles. The van der Waals surface area contributed by atoms with Gasteiger partial charge in [-0.1, -0.05) is 98.1 Å². The maximum absolute atomic E-state index is 13.6. The first kappa shape index (κ1) is 28.4. The molecule has 3 N–H and O–H groups in total. The second-order valence-electron chi connectivity index (χ2n) is 10.9. The van der Waals surface area contributed by atoms with Crippen LogP contribution in [0.3, 0.4) is 0 Å². The Bertz CT molecular complexity index is 1340. The highest BCUT2D eigenvalue weighted by Crippen LogP contribution is 2.44. The summed E-state index contributed by atoms with van der Waals surface area (Å²) in [6.07, 6.45) is 1.70. The van der Waals surface area contributed by atoms with E-state index in [1.54, 1.807) is 6.92 Å². The number of nitrogens with one attached hydrogen (secondary N) is 2. The zero-order valence-corrected chi connectivity index (χ0v) is 23.2. The van der Waals surface area contributed by atoms with Crippen molar-refractivity contribution in [2.24, 2.45) is 0 Å². The lowest BCUT2D eigenvalue weighted by Crippen LogP contribution is -2.63. The van der Waals surface area contributed by atoms with Gasteiger partial charge in [-0.3, -0.25) is 4.79 Å². The van der Waals surface area contributed by atoms with Gasteiger partial charge in [-0.05, 0) is 47.6 Å². The quantitative estimate of drug-likeness (QED) is 0.308. The molecule has 2 atom stereocenters. The maximum Gasteiger partial charge on any atom is 0.408 e. The molecule has 3 aromatic carbocycles. The third kappa shape index (κ3) is 6.28. The summed E-state index contributed by atoms with van der Waals surface area (Å²) in [6.45, 7) is 1.96. The first-order chi connectivity index (χ1) is 19.9. The fourth-order valence-electron chi connectivity index (χ4n) is 5.95. The molecular formula is C33H36N2O6. The molecule has 1 saturated carbocycles. The molecule has 0 saturated heterocycles. The van der Waals surface area contributed by atoms with E-state index in [0.717, 1.165) is 47.1 Å². The Labute approximate surface area is 240 Å². The predicted molar refractivity (Wildman–Crippen MR) is 154 cm³/mol. The van der Waals surface area contributed by atoms with Crippen LogP contribution in [0.1, 0.15) is 61.6 Å². The molecule has 2 aliphatic rings. The van der Waals surface area contributed by atoms with Gasteiger partial charge in [0.05, 0.1) is 12.7 Å². The molecule has 8 heteroatoms. The Morgan fingerprint density at radius 1 is 0.878 bits per heavy atom. The summed E-state index contributed by atoms with van der Waals surface area (Å²) >= 11 is 0. The number of fused-ring (bicyclic) bond motifs is 3. The molecule has 2 amide bonds. The van der Waals surface area contributed by atoms with Gasteiger partial charge in [0.15, 0.2) is 6.04 Å². The molecule has 0 bridgehead atoms. The minimum Gasteiger partial charge on any atom is -0.480 e. The van der Waals surface area contributed by atoms with Gasteiger partial charge in [-0.25, -0.2) is 9.59 Å². The van der Waals surface area contributed by atoms with Crippen molar-refractivity contribution in [1.29, 1.82) is 0 Å². The van der Waals surface area contributed by atoms with E-state index in [1.807, 2.05) is 66.7 Å². The Balaban J connectivity index is 1.25. The molecule has 8 nitrogen and oxygen atoms in total. The highest BCUT2D eigenvalue weighted by atomic mass is 16.5. The van der Waals surface area contributed by atoms with E-state index in [-0.39, 0.29) is 19.1 Å². The predicted octanol–water partition coefficient (Wildman–Crippen LogP) is 5.40. The fraction of sp³-hybridized carbons (Fsp3) is 0.364. The van der Waals surface area contributed by atoms with Crippen LogP contribution < -0.4 is 10.6 Å². The number of carboxylic acids is 1. The molecule has 41 heavy (non-hydrogen) atoms. The lowest BCUT2D eigenvalue weighted by molar-refractivity contribution is -0.148. The van der Waals surface area contributed by atoms with Crippen LogP contribution in [0.15, 0.2) is 78.9 Å². The number of carboxylic acid groups (broad SMARTS) is 1. The van der Waals surface area contributed by atoms with Gasteiger partial charge in [-0.2, -0.15) is 0 Å². The number of benzene rings is 3. The molecule has 0 unspecified atom stereocenters. The van der Waals surface area contributed by atoms with Gasteiger partial charge in [0.2, 0.25) is 5.91 Å². The van der Waals surface area contributed by atoms with Crippen molar-refractivity contribution in [3.8, 4) is 11.1 Å². The van der Waals surface area contributed by atoms with Gasteiger partial charge >= 0.3 is 12.1 Å². The van der Waals surface area contributed by atoms with Crippen molar-refractivity contribution in [1.82, 2.24) is 10.6 Å². The van der Waals surface area contributed by atoms with Crippen molar-refractivity contribution in [2.75, 3.05) is 6.61 Å². The second kappa shape index (κ2) is 12.6. The van der Waals surface area contributed by atoms with E-state index in [2.05, 4.69) is 22.8 Å². The van der Waals surface area contributed by atoms with Gasteiger partial charge < -0.3 is 25.2 Å². The van der Waals surface area contributed by atoms with Crippen LogP contribution >= 0.6 is 0 Å². The van der Waals surface area contributed by atoms with E-state index in [9.17, 15) is 19.5 Å². The molecular weight excluding hydrogens is 520 g/mol. The number of carbonyl (C=O) groups is 3. The van der Waals surface area contributed by atoms with Crippen LogP contribution in [0.4, 0.5) is 4.79 Å². The zero-order chi connectivity index (χ0) is 28.8. The standard InChI is InChI=1S/C33H36N2O6/c1-22(40-20-23-12-4-2-5-13-23)29(30(36)37)34-31(38)33(18-10-3-11-19-33)35-32(39)41-21-28-26-16-8-6-14-24(26)25-15-7-9-17-27(25)28/h2,4-9,12-17,22,28-29H,3,10-11,18-21H2,1H3,(H,34,38)(H,35,39)(H,36,37)/t22-,29+/m0/s1. The van der Waals surface area contributed by atoms with Crippen LogP contribution in [0.5, 0.6) is 0 Å². The molecule has 2 aliphatic carbocycles. The third-order valence-corrected chi connectivity index (χ3v) is 8.20. The molecule has 214 valence electrons. The first-order valence-electron chi connectivity index (χ1n) is 14.2. The number of carbonyl (C=O) groups excluding carboxylic acids is 2. The lowest BCUT2D eigenvalue weighted by Gasteiger charge is -2.37. The van der Waals surface area contributed by atoms with Crippen molar-refractivity contribution < 1.29 is 29.0 Å². The van der Waals surface area contributed by atoms with Gasteiger partial charge in [0, 0.05) is 5.92 Å². The SMILES string of the molecule is C[C@H](OCc1ccccc1)[C@@H](NC(=O)C1(NC(=O)OCC2c3ccccc3-c3ccccc32)CCCCC1)C(=O)O. The number of ether oxygens (including phenoxy) is 2. The second-order valence-corrected chi connectivity index (χ2v) is 10.9. The minimum atomic E-state index is -1.28. The largest absolute Gasteiger partial charge is 0.480 e. The molecule has 0 spiro atoms. The van der Waals surface area contributed by atoms with Crippen molar-refractivity contribution in [3.63, 3.8) is 0 Å². The number of alkyl carbamates (subject to hydrolysis) is 1. The van der Waals surface area contributed by atoms with Crippen molar-refractivity contribution >= 4 is 18.0 Å². The Morgan fingerprint density at radius 2 is 1.46 bits per heavy atom. The van der Waals surface area contributed by atoms with Crippen molar-refractivity contribution in [2.45, 2.75) is 69.2 Å². The topological polar surface area (TPSA) is 114 Å². The van der Waals surface area contributed by atoms with E-state index in [4.69, 9.17) is 9.47 Å². The fourth-order valence-corrected chi connectivity index (χ4v) is 5.95. The van der Waals surface area contributed by atoms with Gasteiger partial charge in [-0.15, -0.1) is 0 Å². The minimum absolute atomic E-state index is 0.108. The maximum atomic E-state index is 13.6. The molecule has 0 radical (unpaired) electrons. The van der Waals surface area contributed by atoms with Crippen LogP contribution in [-0.2, 0) is 25.7 Å². The molecule has 5 rings (SSSR count). The number of hydrogen-bond acceptors (Lipinski definition) is 5. The van der Waals surface area contributed by atoms with E-state index in [1.165, 1.54) is 0 Å². The Kier molecular flexibility index (Phi) is 8.69. The van der Waals surface area contributed by atoms with Gasteiger partial charge in [0.1, 0.15) is 12.1 Å². The number of rotatable bonds is 10. The van der Waals surface area contributed by atoms with Crippen LogP contribution in [0.25, 0.3) is 11.1 Å². The molecule has 0 aromatic heterocycles. The molecule has 3 aromatic rings. The summed E-state index contributed by atoms with van der Waals surface area (Å²) in [5.41, 5.74) is 4.09. The monoisotopic (exact) mass is 556 g/mol. The van der Waals surface area contributed by atoms with Crippen LogP contribution in [-0.4, -0.2) is 47.4 Å².